The number of rotatable bonds is 4. The van der Waals surface area contributed by atoms with Crippen molar-refractivity contribution in [1.29, 1.82) is 5.26 Å². The lowest BCUT2D eigenvalue weighted by atomic mass is 9.97. The Kier molecular flexibility index (Phi) is 4.34. The smallest absolute Gasteiger partial charge is 0.155 e. The fraction of sp³-hybridized carbons (Fsp3) is 0.538. The molecule has 4 nitrogen and oxygen atoms in total. The molecule has 1 fully saturated rings. The predicted octanol–water partition coefficient (Wildman–Crippen LogP) is 1.72. The van der Waals surface area contributed by atoms with E-state index >= 15 is 0 Å². The van der Waals surface area contributed by atoms with E-state index in [2.05, 4.69) is 16.4 Å². The summed E-state index contributed by atoms with van der Waals surface area (Å²) in [5.41, 5.74) is 0.557. The van der Waals surface area contributed by atoms with Crippen LogP contribution in [0.4, 0.5) is 0 Å². The second kappa shape index (κ2) is 6.21. The molecule has 1 aliphatic heterocycles. The summed E-state index contributed by atoms with van der Waals surface area (Å²) >= 11 is 0. The second-order valence-corrected chi connectivity index (χ2v) is 4.33. The van der Waals surface area contributed by atoms with Crippen LogP contribution >= 0.6 is 0 Å². The van der Waals surface area contributed by atoms with E-state index in [1.165, 1.54) is 12.8 Å². The Bertz CT molecular complexity index is 394. The fourth-order valence-corrected chi connectivity index (χ4v) is 2.09. The largest absolute Gasteiger partial charge is 0.491 e. The molecule has 2 rings (SSSR count). The van der Waals surface area contributed by atoms with Gasteiger partial charge in [-0.1, -0.05) is 0 Å². The van der Waals surface area contributed by atoms with E-state index in [1.807, 2.05) is 0 Å². The van der Waals surface area contributed by atoms with Gasteiger partial charge < -0.3 is 10.1 Å². The average molecular weight is 231 g/mol. The molecule has 0 bridgehead atoms. The van der Waals surface area contributed by atoms with E-state index in [4.69, 9.17) is 10.00 Å². The van der Waals surface area contributed by atoms with Crippen molar-refractivity contribution in [2.24, 2.45) is 5.92 Å². The van der Waals surface area contributed by atoms with E-state index in [1.54, 1.807) is 18.5 Å². The van der Waals surface area contributed by atoms with Gasteiger partial charge in [0.05, 0.1) is 18.4 Å². The predicted molar refractivity (Wildman–Crippen MR) is 64.7 cm³/mol. The molecule has 1 aromatic rings. The highest BCUT2D eigenvalue weighted by Gasteiger charge is 2.13. The zero-order chi connectivity index (χ0) is 11.9. The summed E-state index contributed by atoms with van der Waals surface area (Å²) in [6.45, 7) is 2.88. The normalized spacial score (nSPS) is 19.6. The number of ether oxygens (including phenoxy) is 1. The van der Waals surface area contributed by atoms with Gasteiger partial charge in [0.1, 0.15) is 6.07 Å². The van der Waals surface area contributed by atoms with Crippen LogP contribution in [0.2, 0.25) is 0 Å². The van der Waals surface area contributed by atoms with Gasteiger partial charge in [-0.25, -0.2) is 0 Å². The lowest BCUT2D eigenvalue weighted by molar-refractivity contribution is 0.253. The molecule has 0 saturated carbocycles. The Morgan fingerprint density at radius 2 is 2.53 bits per heavy atom. The van der Waals surface area contributed by atoms with Gasteiger partial charge in [-0.15, -0.1) is 0 Å². The molecule has 1 aliphatic rings. The molecular weight excluding hydrogens is 214 g/mol. The van der Waals surface area contributed by atoms with Gasteiger partial charge in [-0.05, 0) is 44.3 Å². The molecule has 0 spiro atoms. The molecule has 1 N–H and O–H groups in total. The maximum Gasteiger partial charge on any atom is 0.155 e. The standard InChI is InChI=1S/C13H17N3O/c14-8-12-3-6-16-10-13(12)17-7-4-11-2-1-5-15-9-11/h3,6,10-11,15H,1-2,4-5,7,9H2. The number of aromatic nitrogens is 1. The van der Waals surface area contributed by atoms with Gasteiger partial charge in [0.25, 0.3) is 0 Å². The van der Waals surface area contributed by atoms with Crippen molar-refractivity contribution >= 4 is 0 Å². The maximum absolute atomic E-state index is 8.90. The highest BCUT2D eigenvalue weighted by Crippen LogP contribution is 2.18. The van der Waals surface area contributed by atoms with Crippen LogP contribution < -0.4 is 10.1 Å². The third-order valence-electron chi connectivity index (χ3n) is 3.09. The monoisotopic (exact) mass is 231 g/mol. The molecule has 0 aliphatic carbocycles. The van der Waals surface area contributed by atoms with E-state index in [9.17, 15) is 0 Å². The second-order valence-electron chi connectivity index (χ2n) is 4.33. The molecule has 2 heterocycles. The summed E-state index contributed by atoms with van der Waals surface area (Å²) in [6, 6.07) is 3.78. The van der Waals surface area contributed by atoms with Crippen molar-refractivity contribution in [3.05, 3.63) is 24.0 Å². The number of hydrogen-bond acceptors (Lipinski definition) is 4. The molecular formula is C13H17N3O. The minimum atomic E-state index is 0.557. The van der Waals surface area contributed by atoms with Crippen LogP contribution in [0.15, 0.2) is 18.5 Å². The van der Waals surface area contributed by atoms with Crippen LogP contribution in [0.5, 0.6) is 5.75 Å². The molecule has 90 valence electrons. The lowest BCUT2D eigenvalue weighted by Gasteiger charge is -2.22. The third kappa shape index (κ3) is 3.43. The highest BCUT2D eigenvalue weighted by molar-refractivity contribution is 5.40. The topological polar surface area (TPSA) is 57.9 Å². The fourth-order valence-electron chi connectivity index (χ4n) is 2.09. The zero-order valence-corrected chi connectivity index (χ0v) is 9.85. The van der Waals surface area contributed by atoms with Crippen LogP contribution in [0, 0.1) is 17.2 Å². The van der Waals surface area contributed by atoms with Crippen molar-refractivity contribution in [2.45, 2.75) is 19.3 Å². The maximum atomic E-state index is 8.90. The van der Waals surface area contributed by atoms with Crippen LogP contribution in [0.25, 0.3) is 0 Å². The Labute approximate surface area is 102 Å². The van der Waals surface area contributed by atoms with E-state index < -0.39 is 0 Å². The van der Waals surface area contributed by atoms with Crippen LogP contribution in [0.1, 0.15) is 24.8 Å². The summed E-state index contributed by atoms with van der Waals surface area (Å²) in [7, 11) is 0. The molecule has 0 radical (unpaired) electrons. The van der Waals surface area contributed by atoms with E-state index in [0.717, 1.165) is 19.5 Å². The van der Waals surface area contributed by atoms with E-state index in [-0.39, 0.29) is 0 Å². The number of nitriles is 1. The molecule has 1 saturated heterocycles. The Balaban J connectivity index is 1.79. The lowest BCUT2D eigenvalue weighted by Crippen LogP contribution is -2.30. The summed E-state index contributed by atoms with van der Waals surface area (Å²) < 4.78 is 5.62. The van der Waals surface area contributed by atoms with Crippen molar-refractivity contribution in [2.75, 3.05) is 19.7 Å². The van der Waals surface area contributed by atoms with Crippen molar-refractivity contribution in [3.63, 3.8) is 0 Å². The first-order valence-corrected chi connectivity index (χ1v) is 6.08. The molecule has 0 amide bonds. The number of pyridine rings is 1. The van der Waals surface area contributed by atoms with Crippen LogP contribution in [0.3, 0.4) is 0 Å². The van der Waals surface area contributed by atoms with E-state index in [0.29, 0.717) is 23.8 Å². The molecule has 1 aromatic heterocycles. The van der Waals surface area contributed by atoms with Crippen LogP contribution in [-0.2, 0) is 0 Å². The third-order valence-corrected chi connectivity index (χ3v) is 3.09. The number of nitrogens with one attached hydrogen (secondary N) is 1. The zero-order valence-electron chi connectivity index (χ0n) is 9.85. The number of hydrogen-bond donors (Lipinski definition) is 1. The summed E-state index contributed by atoms with van der Waals surface area (Å²) in [6.07, 6.45) is 6.77. The Hall–Kier alpha value is -1.60. The molecule has 0 aromatic carbocycles. The SMILES string of the molecule is N#Cc1ccncc1OCCC1CCCNC1. The van der Waals surface area contributed by atoms with Crippen molar-refractivity contribution in [1.82, 2.24) is 10.3 Å². The minimum absolute atomic E-state index is 0.557. The van der Waals surface area contributed by atoms with Crippen molar-refractivity contribution < 1.29 is 4.74 Å². The Morgan fingerprint density at radius 3 is 3.29 bits per heavy atom. The van der Waals surface area contributed by atoms with Crippen molar-refractivity contribution in [3.8, 4) is 11.8 Å². The first kappa shape index (κ1) is 11.9. The first-order chi connectivity index (χ1) is 8.40. The average Bonchev–Trinajstić information content (AvgIpc) is 2.40. The molecule has 1 atom stereocenters. The minimum Gasteiger partial charge on any atom is -0.491 e. The van der Waals surface area contributed by atoms with Gasteiger partial charge >= 0.3 is 0 Å². The summed E-state index contributed by atoms with van der Waals surface area (Å²) in [4.78, 5) is 3.97. The molecule has 4 heteroatoms. The number of piperidine rings is 1. The number of nitrogens with zero attached hydrogens (tertiary/aromatic N) is 2. The van der Waals surface area contributed by atoms with Crippen LogP contribution in [-0.4, -0.2) is 24.7 Å². The summed E-state index contributed by atoms with van der Waals surface area (Å²) in [5.74, 6) is 1.30. The van der Waals surface area contributed by atoms with Gasteiger partial charge in [0.15, 0.2) is 5.75 Å². The van der Waals surface area contributed by atoms with Gasteiger partial charge in [0.2, 0.25) is 0 Å². The first-order valence-electron chi connectivity index (χ1n) is 6.08. The molecule has 1 unspecified atom stereocenters. The molecule has 17 heavy (non-hydrogen) atoms. The van der Waals surface area contributed by atoms with Gasteiger partial charge in [0, 0.05) is 6.20 Å². The Morgan fingerprint density at radius 1 is 1.59 bits per heavy atom. The van der Waals surface area contributed by atoms with Gasteiger partial charge in [-0.3, -0.25) is 4.98 Å². The quantitative estimate of drug-likeness (QED) is 0.857. The van der Waals surface area contributed by atoms with Gasteiger partial charge in [-0.2, -0.15) is 5.26 Å². The highest BCUT2D eigenvalue weighted by atomic mass is 16.5. The summed E-state index contributed by atoms with van der Waals surface area (Å²) in [5, 5.41) is 12.3.